The molecule has 1 atom stereocenters. The summed E-state index contributed by atoms with van der Waals surface area (Å²) in [7, 11) is 1.57. The summed E-state index contributed by atoms with van der Waals surface area (Å²) >= 11 is 6.37. The van der Waals surface area contributed by atoms with Crippen LogP contribution in [0.3, 0.4) is 0 Å². The number of ether oxygens (including phenoxy) is 1. The van der Waals surface area contributed by atoms with Gasteiger partial charge in [0.2, 0.25) is 0 Å². The molecule has 1 aliphatic rings. The van der Waals surface area contributed by atoms with Crippen LogP contribution in [0.2, 0.25) is 0 Å². The second-order valence-electron chi connectivity index (χ2n) is 5.81. The lowest BCUT2D eigenvalue weighted by Gasteiger charge is -2.24. The molecule has 1 aromatic carbocycles. The van der Waals surface area contributed by atoms with E-state index in [2.05, 4.69) is 0 Å². The first kappa shape index (κ1) is 18.5. The first-order valence-electron chi connectivity index (χ1n) is 7.47. The fraction of sp³-hybridized carbons (Fsp3) is 0.353. The zero-order valence-electron chi connectivity index (χ0n) is 13.7. The Hall–Kier alpha value is -1.86. The number of amides is 1. The number of carbonyl (C=O) groups excluding carboxylic acids is 1. The zero-order valence-corrected chi connectivity index (χ0v) is 15.3. The molecule has 0 saturated carbocycles. The number of carboxylic acids is 1. The van der Waals surface area contributed by atoms with Crippen LogP contribution in [0.1, 0.15) is 25.8 Å². The van der Waals surface area contributed by atoms with Crippen molar-refractivity contribution >= 4 is 46.3 Å². The summed E-state index contributed by atoms with van der Waals surface area (Å²) < 4.78 is 5.45. The lowest BCUT2D eigenvalue weighted by Crippen LogP contribution is -2.44. The van der Waals surface area contributed by atoms with Crippen molar-refractivity contribution in [2.24, 2.45) is 5.92 Å². The Morgan fingerprint density at radius 1 is 1.46 bits per heavy atom. The summed E-state index contributed by atoms with van der Waals surface area (Å²) in [5.74, 6) is -0.580. The molecule has 0 bridgehead atoms. The molecule has 1 unspecified atom stereocenters. The van der Waals surface area contributed by atoms with Gasteiger partial charge < -0.3 is 9.84 Å². The van der Waals surface area contributed by atoms with Crippen LogP contribution in [-0.4, -0.2) is 39.4 Å². The molecule has 128 valence electrons. The van der Waals surface area contributed by atoms with E-state index in [-0.39, 0.29) is 16.1 Å². The number of thioether (sulfide) groups is 1. The van der Waals surface area contributed by atoms with Crippen molar-refractivity contribution in [3.8, 4) is 5.75 Å². The summed E-state index contributed by atoms with van der Waals surface area (Å²) in [6, 6.07) is 6.34. The Bertz CT molecular complexity index is 700. The number of nitrogens with zero attached hydrogens (tertiary/aromatic N) is 1. The smallest absolute Gasteiger partial charge is 0.326 e. The van der Waals surface area contributed by atoms with E-state index in [1.54, 1.807) is 19.3 Å². The molecule has 1 amide bonds. The quantitative estimate of drug-likeness (QED) is 0.616. The topological polar surface area (TPSA) is 66.8 Å². The van der Waals surface area contributed by atoms with Crippen molar-refractivity contribution in [1.82, 2.24) is 4.90 Å². The third kappa shape index (κ3) is 4.15. The van der Waals surface area contributed by atoms with Crippen LogP contribution >= 0.6 is 24.0 Å². The van der Waals surface area contributed by atoms with Gasteiger partial charge in [-0.05, 0) is 36.1 Å². The van der Waals surface area contributed by atoms with Crippen LogP contribution in [0.25, 0.3) is 6.08 Å². The number of aliphatic carboxylic acids is 1. The van der Waals surface area contributed by atoms with Gasteiger partial charge in [0, 0.05) is 0 Å². The van der Waals surface area contributed by atoms with Crippen molar-refractivity contribution in [3.05, 3.63) is 34.7 Å². The summed E-state index contributed by atoms with van der Waals surface area (Å²) in [4.78, 5) is 25.9. The zero-order chi connectivity index (χ0) is 17.9. The molecular formula is C17H19NO4S2. The summed E-state index contributed by atoms with van der Waals surface area (Å²) in [5.41, 5.74) is 0.797. The lowest BCUT2D eigenvalue weighted by molar-refractivity contribution is -0.145. The van der Waals surface area contributed by atoms with E-state index >= 15 is 0 Å². The Morgan fingerprint density at radius 2 is 2.17 bits per heavy atom. The van der Waals surface area contributed by atoms with Gasteiger partial charge in [0.1, 0.15) is 16.1 Å². The molecule has 1 fully saturated rings. The summed E-state index contributed by atoms with van der Waals surface area (Å²) in [6.07, 6.45) is 2.06. The Morgan fingerprint density at radius 3 is 2.75 bits per heavy atom. The van der Waals surface area contributed by atoms with E-state index < -0.39 is 12.0 Å². The van der Waals surface area contributed by atoms with Crippen LogP contribution < -0.4 is 4.74 Å². The molecule has 1 aliphatic heterocycles. The highest BCUT2D eigenvalue weighted by Gasteiger charge is 2.40. The second kappa shape index (κ2) is 7.81. The van der Waals surface area contributed by atoms with Crippen molar-refractivity contribution in [1.29, 1.82) is 0 Å². The molecule has 0 radical (unpaired) electrons. The molecule has 1 saturated heterocycles. The van der Waals surface area contributed by atoms with E-state index in [0.717, 1.165) is 17.3 Å². The SMILES string of the molecule is COc1cccc(/C=C2\SC(=S)N(C(CC(C)C)C(=O)O)C2=O)c1. The first-order chi connectivity index (χ1) is 11.3. The molecule has 7 heteroatoms. The minimum atomic E-state index is -1.04. The number of carbonyl (C=O) groups is 2. The molecule has 2 rings (SSSR count). The highest BCUT2D eigenvalue weighted by atomic mass is 32.2. The van der Waals surface area contributed by atoms with Crippen molar-refractivity contribution in [2.45, 2.75) is 26.3 Å². The van der Waals surface area contributed by atoms with Gasteiger partial charge in [-0.2, -0.15) is 0 Å². The van der Waals surface area contributed by atoms with E-state index in [1.165, 1.54) is 4.90 Å². The maximum atomic E-state index is 12.7. The van der Waals surface area contributed by atoms with Gasteiger partial charge in [0.25, 0.3) is 5.91 Å². The third-order valence-corrected chi connectivity index (χ3v) is 4.84. The van der Waals surface area contributed by atoms with E-state index in [0.29, 0.717) is 17.1 Å². The maximum absolute atomic E-state index is 12.7. The third-order valence-electron chi connectivity index (χ3n) is 3.51. The van der Waals surface area contributed by atoms with Gasteiger partial charge >= 0.3 is 5.97 Å². The van der Waals surface area contributed by atoms with Crippen LogP contribution in [0.4, 0.5) is 0 Å². The molecule has 1 heterocycles. The average Bonchev–Trinajstić information content (AvgIpc) is 2.79. The average molecular weight is 365 g/mol. The summed E-state index contributed by atoms with van der Waals surface area (Å²) in [6.45, 7) is 3.83. The Balaban J connectivity index is 2.30. The Labute approximate surface area is 150 Å². The first-order valence-corrected chi connectivity index (χ1v) is 8.70. The highest BCUT2D eigenvalue weighted by molar-refractivity contribution is 8.26. The molecule has 5 nitrogen and oxygen atoms in total. The standard InChI is InChI=1S/C17H19NO4S2/c1-10(2)7-13(16(20)21)18-15(19)14(24-17(18)23)9-11-5-4-6-12(8-11)22-3/h4-6,8-10,13H,7H2,1-3H3,(H,20,21)/b14-9-. The maximum Gasteiger partial charge on any atom is 0.326 e. The predicted octanol–water partition coefficient (Wildman–Crippen LogP) is 3.40. The number of methoxy groups -OCH3 is 1. The molecule has 0 spiro atoms. The van der Waals surface area contributed by atoms with E-state index in [1.807, 2.05) is 32.0 Å². The highest BCUT2D eigenvalue weighted by Crippen LogP contribution is 2.35. The van der Waals surface area contributed by atoms with Crippen LogP contribution in [0.5, 0.6) is 5.75 Å². The molecule has 1 aromatic rings. The largest absolute Gasteiger partial charge is 0.497 e. The van der Waals surface area contributed by atoms with Gasteiger partial charge in [-0.3, -0.25) is 9.69 Å². The van der Waals surface area contributed by atoms with Gasteiger partial charge in [0.15, 0.2) is 0 Å². The number of carboxylic acid groups (broad SMARTS) is 1. The molecule has 0 aromatic heterocycles. The Kier molecular flexibility index (Phi) is 6.01. The van der Waals surface area contributed by atoms with E-state index in [9.17, 15) is 14.7 Å². The number of thiocarbonyl (C=S) groups is 1. The molecular weight excluding hydrogens is 346 g/mol. The number of benzene rings is 1. The fourth-order valence-electron chi connectivity index (χ4n) is 2.39. The van der Waals surface area contributed by atoms with Crippen LogP contribution in [0, 0.1) is 5.92 Å². The number of hydrogen-bond donors (Lipinski definition) is 1. The summed E-state index contributed by atoms with van der Waals surface area (Å²) in [5, 5.41) is 9.46. The number of hydrogen-bond acceptors (Lipinski definition) is 5. The molecule has 0 aliphatic carbocycles. The van der Waals surface area contributed by atoms with Crippen LogP contribution in [-0.2, 0) is 9.59 Å². The molecule has 24 heavy (non-hydrogen) atoms. The monoisotopic (exact) mass is 365 g/mol. The second-order valence-corrected chi connectivity index (χ2v) is 7.49. The van der Waals surface area contributed by atoms with E-state index in [4.69, 9.17) is 17.0 Å². The van der Waals surface area contributed by atoms with Gasteiger partial charge in [-0.1, -0.05) is 50.0 Å². The molecule has 1 N–H and O–H groups in total. The lowest BCUT2D eigenvalue weighted by atomic mass is 10.0. The minimum absolute atomic E-state index is 0.137. The van der Waals surface area contributed by atoms with Gasteiger partial charge in [0.05, 0.1) is 12.0 Å². The normalized spacial score (nSPS) is 17.7. The van der Waals surface area contributed by atoms with Gasteiger partial charge in [-0.25, -0.2) is 4.79 Å². The van der Waals surface area contributed by atoms with Crippen molar-refractivity contribution in [3.63, 3.8) is 0 Å². The number of rotatable bonds is 6. The van der Waals surface area contributed by atoms with Crippen molar-refractivity contribution < 1.29 is 19.4 Å². The minimum Gasteiger partial charge on any atom is -0.497 e. The van der Waals surface area contributed by atoms with Crippen LogP contribution in [0.15, 0.2) is 29.2 Å². The predicted molar refractivity (Wildman–Crippen MR) is 98.9 cm³/mol. The van der Waals surface area contributed by atoms with Crippen molar-refractivity contribution in [2.75, 3.05) is 7.11 Å². The van der Waals surface area contributed by atoms with Gasteiger partial charge in [-0.15, -0.1) is 0 Å². The fourth-order valence-corrected chi connectivity index (χ4v) is 3.75.